The molecule has 94 valence electrons. The molecule has 4 nitrogen and oxygen atoms in total. The van der Waals surface area contributed by atoms with Crippen LogP contribution in [0.1, 0.15) is 25.8 Å². The second kappa shape index (κ2) is 5.72. The molecule has 1 aromatic carbocycles. The monoisotopic (exact) mass is 241 g/mol. The van der Waals surface area contributed by atoms with Crippen LogP contribution in [0.25, 0.3) is 0 Å². The quantitative estimate of drug-likeness (QED) is 0.636. The number of aliphatic hydroxyl groups is 1. The van der Waals surface area contributed by atoms with Crippen LogP contribution in [0.5, 0.6) is 0 Å². The van der Waals surface area contributed by atoms with Gasteiger partial charge in [0.05, 0.1) is 11.0 Å². The second-order valence-corrected chi connectivity index (χ2v) is 4.16. The molecule has 0 heterocycles. The molecule has 0 radical (unpaired) electrons. The molecule has 0 saturated heterocycles. The van der Waals surface area contributed by atoms with Gasteiger partial charge in [0.2, 0.25) is 5.82 Å². The highest BCUT2D eigenvalue weighted by Crippen LogP contribution is 2.23. The number of aliphatic hydroxyl groups excluding tert-OH is 1. The van der Waals surface area contributed by atoms with Gasteiger partial charge in [0.25, 0.3) is 0 Å². The number of hydrogen-bond acceptors (Lipinski definition) is 3. The normalized spacial score (nSPS) is 14.4. The molecular weight excluding hydrogens is 225 g/mol. The number of benzene rings is 1. The highest BCUT2D eigenvalue weighted by atomic mass is 19.1. The number of nitro groups is 1. The van der Waals surface area contributed by atoms with Crippen molar-refractivity contribution in [3.63, 3.8) is 0 Å². The Labute approximate surface area is 99.2 Å². The molecule has 0 amide bonds. The van der Waals surface area contributed by atoms with E-state index in [1.165, 1.54) is 12.1 Å². The molecule has 0 spiro atoms. The van der Waals surface area contributed by atoms with Crippen molar-refractivity contribution in [2.75, 3.05) is 0 Å². The van der Waals surface area contributed by atoms with Crippen LogP contribution in [0.2, 0.25) is 0 Å². The van der Waals surface area contributed by atoms with E-state index in [9.17, 15) is 19.6 Å². The predicted octanol–water partition coefficient (Wildman–Crippen LogP) is 2.68. The molecule has 0 aliphatic carbocycles. The molecule has 0 aliphatic rings. The molecule has 5 heteroatoms. The van der Waals surface area contributed by atoms with E-state index in [1.54, 1.807) is 6.92 Å². The van der Waals surface area contributed by atoms with E-state index < -0.39 is 22.5 Å². The Morgan fingerprint density at radius 1 is 1.53 bits per heavy atom. The van der Waals surface area contributed by atoms with Crippen LogP contribution in [-0.2, 0) is 6.42 Å². The molecule has 17 heavy (non-hydrogen) atoms. The highest BCUT2D eigenvalue weighted by molar-refractivity contribution is 5.36. The van der Waals surface area contributed by atoms with Crippen LogP contribution in [0.4, 0.5) is 10.1 Å². The van der Waals surface area contributed by atoms with E-state index in [0.717, 1.165) is 6.07 Å². The molecule has 2 atom stereocenters. The summed E-state index contributed by atoms with van der Waals surface area (Å²) in [4.78, 5) is 9.83. The van der Waals surface area contributed by atoms with Crippen molar-refractivity contribution in [1.82, 2.24) is 0 Å². The van der Waals surface area contributed by atoms with E-state index in [1.807, 2.05) is 6.92 Å². The first-order valence-electron chi connectivity index (χ1n) is 5.57. The molecule has 0 bridgehead atoms. The summed E-state index contributed by atoms with van der Waals surface area (Å²) in [5.74, 6) is -0.927. The third-order valence-electron chi connectivity index (χ3n) is 2.87. The Bertz CT molecular complexity index is 409. The summed E-state index contributed by atoms with van der Waals surface area (Å²) < 4.78 is 13.7. The minimum absolute atomic E-state index is 0.128. The second-order valence-electron chi connectivity index (χ2n) is 4.16. The smallest absolute Gasteiger partial charge is 0.305 e. The first kappa shape index (κ1) is 13.6. The number of hydrogen-bond donors (Lipinski definition) is 1. The third kappa shape index (κ3) is 3.23. The van der Waals surface area contributed by atoms with E-state index in [0.29, 0.717) is 12.8 Å². The Balaban J connectivity index is 2.92. The predicted molar refractivity (Wildman–Crippen MR) is 62.2 cm³/mol. The molecular formula is C12H16FNO3. The van der Waals surface area contributed by atoms with Crippen LogP contribution in [0.3, 0.4) is 0 Å². The summed E-state index contributed by atoms with van der Waals surface area (Å²) in [6.45, 7) is 3.64. The first-order valence-corrected chi connectivity index (χ1v) is 5.57. The summed E-state index contributed by atoms with van der Waals surface area (Å²) in [7, 11) is 0. The van der Waals surface area contributed by atoms with Gasteiger partial charge in [0.1, 0.15) is 0 Å². The largest absolute Gasteiger partial charge is 0.393 e. The van der Waals surface area contributed by atoms with Crippen molar-refractivity contribution in [3.05, 3.63) is 39.7 Å². The molecule has 0 fully saturated rings. The topological polar surface area (TPSA) is 63.4 Å². The van der Waals surface area contributed by atoms with E-state index >= 15 is 0 Å². The van der Waals surface area contributed by atoms with Crippen molar-refractivity contribution in [3.8, 4) is 0 Å². The average Bonchev–Trinajstić information content (AvgIpc) is 2.30. The van der Waals surface area contributed by atoms with Gasteiger partial charge in [-0.05, 0) is 24.3 Å². The fraction of sp³-hybridized carbons (Fsp3) is 0.500. The Morgan fingerprint density at radius 3 is 2.71 bits per heavy atom. The van der Waals surface area contributed by atoms with E-state index in [-0.39, 0.29) is 11.5 Å². The van der Waals surface area contributed by atoms with Crippen molar-refractivity contribution >= 4 is 5.69 Å². The third-order valence-corrected chi connectivity index (χ3v) is 2.87. The number of rotatable bonds is 5. The maximum Gasteiger partial charge on any atom is 0.305 e. The molecule has 1 N–H and O–H groups in total. The Morgan fingerprint density at radius 2 is 2.18 bits per heavy atom. The lowest BCUT2D eigenvalue weighted by Gasteiger charge is -2.17. The summed E-state index contributed by atoms with van der Waals surface area (Å²) in [6, 6.07) is 4.11. The van der Waals surface area contributed by atoms with Gasteiger partial charge in [-0.15, -0.1) is 0 Å². The van der Waals surface area contributed by atoms with Crippen molar-refractivity contribution in [1.29, 1.82) is 0 Å². The van der Waals surface area contributed by atoms with E-state index in [2.05, 4.69) is 0 Å². The fourth-order valence-electron chi connectivity index (χ4n) is 1.75. The molecule has 0 saturated carbocycles. The van der Waals surface area contributed by atoms with E-state index in [4.69, 9.17) is 0 Å². The molecule has 2 unspecified atom stereocenters. The van der Waals surface area contributed by atoms with Gasteiger partial charge < -0.3 is 5.11 Å². The minimum atomic E-state index is -0.798. The molecule has 1 aromatic rings. The average molecular weight is 241 g/mol. The highest BCUT2D eigenvalue weighted by Gasteiger charge is 2.20. The summed E-state index contributed by atoms with van der Waals surface area (Å²) in [5.41, 5.74) is -0.236. The Hall–Kier alpha value is -1.49. The zero-order valence-corrected chi connectivity index (χ0v) is 9.89. The minimum Gasteiger partial charge on any atom is -0.393 e. The van der Waals surface area contributed by atoms with Gasteiger partial charge in [-0.25, -0.2) is 0 Å². The fourth-order valence-corrected chi connectivity index (χ4v) is 1.75. The number of nitrogens with zero attached hydrogens (tertiary/aromatic N) is 1. The van der Waals surface area contributed by atoms with Gasteiger partial charge in [-0.3, -0.25) is 10.1 Å². The SMILES string of the molecule is CCC(O)C(C)Cc1cccc([N+](=O)[O-])c1F. The zero-order valence-electron chi connectivity index (χ0n) is 9.89. The van der Waals surface area contributed by atoms with Crippen LogP contribution >= 0.6 is 0 Å². The maximum atomic E-state index is 13.7. The Kier molecular flexibility index (Phi) is 4.57. The van der Waals surface area contributed by atoms with Crippen LogP contribution in [-0.4, -0.2) is 16.1 Å². The van der Waals surface area contributed by atoms with Gasteiger partial charge >= 0.3 is 5.69 Å². The summed E-state index contributed by atoms with van der Waals surface area (Å²) in [6.07, 6.45) is 0.355. The molecule has 0 aliphatic heterocycles. The standard InChI is InChI=1S/C12H16FNO3/c1-3-11(15)8(2)7-9-5-4-6-10(12(9)13)14(16)17/h4-6,8,11,15H,3,7H2,1-2H3. The lowest BCUT2D eigenvalue weighted by Crippen LogP contribution is -2.19. The van der Waals surface area contributed by atoms with Gasteiger partial charge in [-0.1, -0.05) is 26.0 Å². The van der Waals surface area contributed by atoms with Crippen molar-refractivity contribution < 1.29 is 14.4 Å². The maximum absolute atomic E-state index is 13.7. The van der Waals surface area contributed by atoms with Gasteiger partial charge in [0.15, 0.2) is 0 Å². The van der Waals surface area contributed by atoms with Gasteiger partial charge in [0, 0.05) is 6.07 Å². The van der Waals surface area contributed by atoms with Crippen LogP contribution < -0.4 is 0 Å². The van der Waals surface area contributed by atoms with Crippen LogP contribution in [0, 0.1) is 21.8 Å². The molecule has 0 aromatic heterocycles. The van der Waals surface area contributed by atoms with Crippen LogP contribution in [0.15, 0.2) is 18.2 Å². The van der Waals surface area contributed by atoms with Crippen molar-refractivity contribution in [2.24, 2.45) is 5.92 Å². The summed E-state index contributed by atoms with van der Waals surface area (Å²) in [5, 5.41) is 20.2. The number of halogens is 1. The van der Waals surface area contributed by atoms with Crippen molar-refractivity contribution in [2.45, 2.75) is 32.8 Å². The first-order chi connectivity index (χ1) is 7.97. The zero-order chi connectivity index (χ0) is 13.0. The van der Waals surface area contributed by atoms with Gasteiger partial charge in [-0.2, -0.15) is 4.39 Å². The number of nitro benzene ring substituents is 1. The lowest BCUT2D eigenvalue weighted by atomic mass is 9.94. The lowest BCUT2D eigenvalue weighted by molar-refractivity contribution is -0.387. The molecule has 1 rings (SSSR count). The summed E-state index contributed by atoms with van der Waals surface area (Å²) >= 11 is 0.